The van der Waals surface area contributed by atoms with Crippen LogP contribution in [0.3, 0.4) is 0 Å². The molecule has 0 radical (unpaired) electrons. The fourth-order valence-electron chi connectivity index (χ4n) is 4.33. The quantitative estimate of drug-likeness (QED) is 0.890. The largest absolute Gasteiger partial charge is 0.487 e. The van der Waals surface area contributed by atoms with Crippen LogP contribution in [0.1, 0.15) is 47.7 Å². The minimum atomic E-state index is -0.325. The van der Waals surface area contributed by atoms with Gasteiger partial charge in [-0.15, -0.1) is 0 Å². The monoisotopic (exact) mass is 379 g/mol. The van der Waals surface area contributed by atoms with Gasteiger partial charge in [-0.05, 0) is 30.2 Å². The fraction of sp³-hybridized carbons (Fsp3) is 0.409. The van der Waals surface area contributed by atoms with Crippen LogP contribution >= 0.6 is 0 Å². The average molecular weight is 379 g/mol. The zero-order valence-corrected chi connectivity index (χ0v) is 16.1. The van der Waals surface area contributed by atoms with E-state index in [1.165, 1.54) is 0 Å². The van der Waals surface area contributed by atoms with Gasteiger partial charge in [0.05, 0.1) is 0 Å². The minimum absolute atomic E-state index is 0.0337. The fourth-order valence-corrected chi connectivity index (χ4v) is 4.33. The molecule has 146 valence electrons. The predicted molar refractivity (Wildman–Crippen MR) is 105 cm³/mol. The van der Waals surface area contributed by atoms with Gasteiger partial charge >= 0.3 is 0 Å². The second-order valence-electron chi connectivity index (χ2n) is 7.61. The Morgan fingerprint density at radius 1 is 1.18 bits per heavy atom. The number of rotatable bonds is 3. The third kappa shape index (κ3) is 3.59. The number of piperidine rings is 1. The van der Waals surface area contributed by atoms with Gasteiger partial charge in [-0.2, -0.15) is 0 Å². The van der Waals surface area contributed by atoms with Crippen molar-refractivity contribution in [2.45, 2.75) is 37.2 Å². The number of likely N-dealkylation sites (tertiary alicyclic amines) is 1. The van der Waals surface area contributed by atoms with Crippen LogP contribution in [0.4, 0.5) is 0 Å². The predicted octanol–water partition coefficient (Wildman–Crippen LogP) is 2.76. The lowest BCUT2D eigenvalue weighted by Gasteiger charge is -2.46. The Morgan fingerprint density at radius 3 is 2.64 bits per heavy atom. The van der Waals surface area contributed by atoms with E-state index in [9.17, 15) is 9.59 Å². The summed E-state index contributed by atoms with van der Waals surface area (Å²) in [7, 11) is 1.67. The second-order valence-corrected chi connectivity index (χ2v) is 7.61. The van der Waals surface area contributed by atoms with E-state index in [4.69, 9.17) is 4.74 Å². The standard InChI is InChI=1S/C22H25N3O3/c1-23-20(26)14-16-15-22(28-19-8-3-2-6-17(16)19)9-12-25(13-10-22)21(27)18-7-4-5-11-24-18/h2-8,11,16H,9-10,12-15H2,1H3,(H,23,26). The second kappa shape index (κ2) is 7.62. The number of nitrogens with zero attached hydrogens (tertiary/aromatic N) is 2. The maximum atomic E-state index is 12.7. The molecule has 2 amide bonds. The molecule has 1 saturated heterocycles. The highest BCUT2D eigenvalue weighted by Crippen LogP contribution is 2.46. The Hall–Kier alpha value is -2.89. The van der Waals surface area contributed by atoms with E-state index in [1.807, 2.05) is 35.2 Å². The molecule has 3 heterocycles. The van der Waals surface area contributed by atoms with Gasteiger partial charge < -0.3 is 15.0 Å². The molecule has 1 atom stereocenters. The van der Waals surface area contributed by atoms with Gasteiger partial charge in [0.25, 0.3) is 5.91 Å². The number of carbonyl (C=O) groups excluding carboxylic acids is 2. The van der Waals surface area contributed by atoms with Crippen LogP contribution in [0, 0.1) is 0 Å². The maximum absolute atomic E-state index is 12.7. The normalized spacial score (nSPS) is 20.2. The number of ether oxygens (including phenoxy) is 1. The van der Waals surface area contributed by atoms with Gasteiger partial charge in [0, 0.05) is 51.5 Å². The van der Waals surface area contributed by atoms with Crippen LogP contribution < -0.4 is 10.1 Å². The Balaban J connectivity index is 1.50. The van der Waals surface area contributed by atoms with Crippen molar-refractivity contribution in [1.29, 1.82) is 0 Å². The lowest BCUT2D eigenvalue weighted by molar-refractivity contribution is -0.121. The molecule has 28 heavy (non-hydrogen) atoms. The molecule has 0 saturated carbocycles. The number of fused-ring (bicyclic) bond motifs is 1. The number of hydrogen-bond acceptors (Lipinski definition) is 4. The highest BCUT2D eigenvalue weighted by molar-refractivity contribution is 5.92. The summed E-state index contributed by atoms with van der Waals surface area (Å²) in [6, 6.07) is 13.4. The van der Waals surface area contributed by atoms with E-state index >= 15 is 0 Å². The smallest absolute Gasteiger partial charge is 0.272 e. The molecule has 2 aliphatic heterocycles. The molecule has 1 spiro atoms. The van der Waals surface area contributed by atoms with E-state index < -0.39 is 0 Å². The zero-order valence-electron chi connectivity index (χ0n) is 16.1. The molecule has 6 heteroatoms. The van der Waals surface area contributed by atoms with Gasteiger partial charge in [0.15, 0.2) is 0 Å². The number of nitrogens with one attached hydrogen (secondary N) is 1. The first-order valence-electron chi connectivity index (χ1n) is 9.79. The summed E-state index contributed by atoms with van der Waals surface area (Å²) < 4.78 is 6.45. The molecular weight excluding hydrogens is 354 g/mol. The maximum Gasteiger partial charge on any atom is 0.272 e. The van der Waals surface area contributed by atoms with Gasteiger partial charge in [0.1, 0.15) is 17.0 Å². The van der Waals surface area contributed by atoms with E-state index in [-0.39, 0.29) is 23.3 Å². The summed E-state index contributed by atoms with van der Waals surface area (Å²) in [6.07, 6.45) is 4.40. The molecule has 1 aromatic heterocycles. The summed E-state index contributed by atoms with van der Waals surface area (Å²) in [5.74, 6) is 1.00. The number of para-hydroxylation sites is 1. The zero-order chi connectivity index (χ0) is 19.6. The summed E-state index contributed by atoms with van der Waals surface area (Å²) in [5.41, 5.74) is 1.25. The summed E-state index contributed by atoms with van der Waals surface area (Å²) in [4.78, 5) is 30.8. The van der Waals surface area contributed by atoms with E-state index in [0.717, 1.165) is 30.6 Å². The Bertz CT molecular complexity index is 860. The van der Waals surface area contributed by atoms with Crippen LogP contribution in [-0.2, 0) is 4.79 Å². The number of pyridine rings is 1. The molecule has 4 rings (SSSR count). The van der Waals surface area contributed by atoms with Gasteiger partial charge in [-0.1, -0.05) is 24.3 Å². The third-order valence-electron chi connectivity index (χ3n) is 5.86. The van der Waals surface area contributed by atoms with E-state index in [1.54, 1.807) is 19.3 Å². The molecule has 1 fully saturated rings. The molecule has 6 nitrogen and oxygen atoms in total. The van der Waals surface area contributed by atoms with Crippen LogP contribution in [0.25, 0.3) is 0 Å². The third-order valence-corrected chi connectivity index (χ3v) is 5.86. The number of amides is 2. The Labute approximate surface area is 164 Å². The van der Waals surface area contributed by atoms with Crippen molar-refractivity contribution in [2.24, 2.45) is 0 Å². The molecule has 1 N–H and O–H groups in total. The van der Waals surface area contributed by atoms with Crippen LogP contribution in [0.5, 0.6) is 5.75 Å². The topological polar surface area (TPSA) is 71.5 Å². The van der Waals surface area contributed by atoms with Crippen molar-refractivity contribution in [1.82, 2.24) is 15.2 Å². The number of benzene rings is 1. The van der Waals surface area contributed by atoms with Gasteiger partial charge in [-0.3, -0.25) is 14.6 Å². The lowest BCUT2D eigenvalue weighted by Crippen LogP contribution is -2.52. The van der Waals surface area contributed by atoms with Crippen molar-refractivity contribution < 1.29 is 14.3 Å². The Morgan fingerprint density at radius 2 is 1.93 bits per heavy atom. The van der Waals surface area contributed by atoms with Crippen molar-refractivity contribution in [3.05, 3.63) is 59.9 Å². The SMILES string of the molecule is CNC(=O)CC1CC2(CCN(C(=O)c3ccccn3)CC2)Oc2ccccc21. The number of aromatic nitrogens is 1. The molecule has 0 bridgehead atoms. The molecule has 2 aliphatic rings. The van der Waals surface area contributed by atoms with Crippen molar-refractivity contribution >= 4 is 11.8 Å². The summed E-state index contributed by atoms with van der Waals surface area (Å²) in [6.45, 7) is 1.26. The van der Waals surface area contributed by atoms with E-state index in [2.05, 4.69) is 16.4 Å². The Kier molecular flexibility index (Phi) is 5.03. The van der Waals surface area contributed by atoms with Crippen molar-refractivity contribution in [3.8, 4) is 5.75 Å². The molecule has 2 aromatic rings. The molecule has 1 unspecified atom stereocenters. The minimum Gasteiger partial charge on any atom is -0.487 e. The van der Waals surface area contributed by atoms with Crippen LogP contribution in [0.2, 0.25) is 0 Å². The lowest BCUT2D eigenvalue weighted by atomic mass is 9.76. The molecule has 1 aromatic carbocycles. The highest BCUT2D eigenvalue weighted by atomic mass is 16.5. The average Bonchev–Trinajstić information content (AvgIpc) is 2.74. The first-order chi connectivity index (χ1) is 13.6. The summed E-state index contributed by atoms with van der Waals surface area (Å²) in [5, 5.41) is 2.74. The first-order valence-corrected chi connectivity index (χ1v) is 9.79. The van der Waals surface area contributed by atoms with Gasteiger partial charge in [-0.25, -0.2) is 0 Å². The number of carbonyl (C=O) groups is 2. The molecular formula is C22H25N3O3. The van der Waals surface area contributed by atoms with E-state index in [0.29, 0.717) is 25.2 Å². The van der Waals surface area contributed by atoms with Crippen molar-refractivity contribution in [2.75, 3.05) is 20.1 Å². The van der Waals surface area contributed by atoms with Crippen molar-refractivity contribution in [3.63, 3.8) is 0 Å². The highest BCUT2D eigenvalue weighted by Gasteiger charge is 2.44. The first kappa shape index (κ1) is 18.5. The van der Waals surface area contributed by atoms with Gasteiger partial charge in [0.2, 0.25) is 5.91 Å². The van der Waals surface area contributed by atoms with Crippen LogP contribution in [0.15, 0.2) is 48.7 Å². The summed E-state index contributed by atoms with van der Waals surface area (Å²) >= 11 is 0. The van der Waals surface area contributed by atoms with Crippen LogP contribution in [-0.4, -0.2) is 47.4 Å². The number of hydrogen-bond donors (Lipinski definition) is 1. The molecule has 0 aliphatic carbocycles.